The molecular weight excluding hydrogens is 280 g/mol. The van der Waals surface area contributed by atoms with Crippen molar-refractivity contribution in [3.05, 3.63) is 34.3 Å². The second kappa shape index (κ2) is 5.19. The Kier molecular flexibility index (Phi) is 3.84. The molecule has 1 aromatic carbocycles. The summed E-state index contributed by atoms with van der Waals surface area (Å²) in [4.78, 5) is 12.0. The normalized spacial score (nSPS) is 23.6. The molecule has 92 valence electrons. The zero-order valence-electron chi connectivity index (χ0n) is 9.92. The molecule has 17 heavy (non-hydrogen) atoms. The maximum atomic E-state index is 12.0. The molecule has 0 spiro atoms. The fourth-order valence-electron chi connectivity index (χ4n) is 2.11. The van der Waals surface area contributed by atoms with Crippen LogP contribution in [0, 0.1) is 0 Å². The Bertz CT molecular complexity index is 414. The molecule has 0 radical (unpaired) electrons. The molecule has 1 saturated heterocycles. The van der Waals surface area contributed by atoms with Gasteiger partial charge in [0.25, 0.3) is 0 Å². The first-order chi connectivity index (χ1) is 8.10. The minimum absolute atomic E-state index is 0.0926. The Morgan fingerprint density at radius 2 is 2.41 bits per heavy atom. The maximum Gasteiger partial charge on any atom is 0.240 e. The van der Waals surface area contributed by atoms with E-state index in [2.05, 4.69) is 26.6 Å². The molecule has 2 rings (SSSR count). The lowest BCUT2D eigenvalue weighted by Gasteiger charge is -2.23. The highest BCUT2D eigenvalue weighted by Crippen LogP contribution is 2.18. The summed E-state index contributed by atoms with van der Waals surface area (Å²) in [6.45, 7) is 3.48. The van der Waals surface area contributed by atoms with Gasteiger partial charge >= 0.3 is 0 Å². The molecule has 0 saturated carbocycles. The number of carbonyl (C=O) groups excluding carboxylic acids is 1. The topological polar surface area (TPSA) is 41.1 Å². The molecular formula is C13H17BrN2O. The summed E-state index contributed by atoms with van der Waals surface area (Å²) in [6, 6.07) is 7.98. The summed E-state index contributed by atoms with van der Waals surface area (Å²) in [5.74, 6) is 0.0926. The van der Waals surface area contributed by atoms with Gasteiger partial charge in [-0.1, -0.05) is 28.1 Å². The van der Waals surface area contributed by atoms with Crippen LogP contribution in [-0.4, -0.2) is 18.0 Å². The van der Waals surface area contributed by atoms with Crippen molar-refractivity contribution in [1.29, 1.82) is 0 Å². The van der Waals surface area contributed by atoms with E-state index in [-0.39, 0.29) is 11.4 Å². The van der Waals surface area contributed by atoms with Crippen molar-refractivity contribution in [3.63, 3.8) is 0 Å². The molecule has 1 aliphatic heterocycles. The second-order valence-electron chi connectivity index (χ2n) is 4.68. The van der Waals surface area contributed by atoms with E-state index in [9.17, 15) is 4.79 Å². The van der Waals surface area contributed by atoms with Crippen LogP contribution < -0.4 is 10.6 Å². The number of carbonyl (C=O) groups is 1. The lowest BCUT2D eigenvalue weighted by Crippen LogP contribution is -2.50. The Balaban J connectivity index is 1.92. The van der Waals surface area contributed by atoms with Crippen molar-refractivity contribution in [2.75, 3.05) is 6.54 Å². The summed E-state index contributed by atoms with van der Waals surface area (Å²) in [7, 11) is 0. The third kappa shape index (κ3) is 3.07. The lowest BCUT2D eigenvalue weighted by atomic mass is 9.99. The van der Waals surface area contributed by atoms with E-state index in [4.69, 9.17) is 0 Å². The fourth-order valence-corrected chi connectivity index (χ4v) is 2.56. The van der Waals surface area contributed by atoms with Crippen LogP contribution in [0.5, 0.6) is 0 Å². The van der Waals surface area contributed by atoms with Gasteiger partial charge in [0.15, 0.2) is 0 Å². The molecule has 0 bridgehead atoms. The van der Waals surface area contributed by atoms with Crippen LogP contribution in [0.2, 0.25) is 0 Å². The predicted molar refractivity (Wildman–Crippen MR) is 71.6 cm³/mol. The number of rotatable bonds is 3. The Hall–Kier alpha value is -0.870. The van der Waals surface area contributed by atoms with E-state index in [0.717, 1.165) is 29.4 Å². The van der Waals surface area contributed by atoms with Gasteiger partial charge in [-0.15, -0.1) is 0 Å². The average molecular weight is 297 g/mol. The average Bonchev–Trinajstić information content (AvgIpc) is 2.74. The smallest absolute Gasteiger partial charge is 0.240 e. The highest BCUT2D eigenvalue weighted by Gasteiger charge is 2.35. The molecule has 1 fully saturated rings. The molecule has 4 heteroatoms. The Morgan fingerprint density at radius 1 is 1.59 bits per heavy atom. The van der Waals surface area contributed by atoms with E-state index in [0.29, 0.717) is 6.54 Å². The zero-order valence-corrected chi connectivity index (χ0v) is 11.5. The van der Waals surface area contributed by atoms with Crippen LogP contribution >= 0.6 is 15.9 Å². The zero-order chi connectivity index (χ0) is 12.3. The first kappa shape index (κ1) is 12.6. The van der Waals surface area contributed by atoms with E-state index in [1.54, 1.807) is 0 Å². The van der Waals surface area contributed by atoms with E-state index in [1.807, 2.05) is 31.2 Å². The molecule has 0 aromatic heterocycles. The van der Waals surface area contributed by atoms with Crippen LogP contribution in [0.4, 0.5) is 0 Å². The minimum atomic E-state index is -0.383. The third-order valence-corrected chi connectivity index (χ3v) is 3.71. The summed E-state index contributed by atoms with van der Waals surface area (Å²) >= 11 is 3.42. The number of amides is 1. The molecule has 1 aromatic rings. The van der Waals surface area contributed by atoms with Crippen LogP contribution in [0.3, 0.4) is 0 Å². The molecule has 1 unspecified atom stereocenters. The molecule has 3 nitrogen and oxygen atoms in total. The molecule has 1 amide bonds. The summed E-state index contributed by atoms with van der Waals surface area (Å²) in [6.07, 6.45) is 1.98. The van der Waals surface area contributed by atoms with E-state index < -0.39 is 0 Å². The first-order valence-electron chi connectivity index (χ1n) is 5.88. The van der Waals surface area contributed by atoms with Crippen molar-refractivity contribution in [1.82, 2.24) is 10.6 Å². The monoisotopic (exact) mass is 296 g/mol. The molecule has 1 atom stereocenters. The Labute approximate surface area is 110 Å². The Morgan fingerprint density at radius 3 is 3.06 bits per heavy atom. The highest BCUT2D eigenvalue weighted by atomic mass is 79.9. The fraction of sp³-hybridized carbons (Fsp3) is 0.462. The second-order valence-corrected chi connectivity index (χ2v) is 5.59. The molecule has 1 aliphatic rings. The predicted octanol–water partition coefficient (Wildman–Crippen LogP) is 2.21. The molecule has 0 aliphatic carbocycles. The summed E-state index contributed by atoms with van der Waals surface area (Å²) < 4.78 is 1.04. The number of hydrogen-bond donors (Lipinski definition) is 2. The van der Waals surface area contributed by atoms with Crippen LogP contribution in [0.25, 0.3) is 0 Å². The van der Waals surface area contributed by atoms with Gasteiger partial charge in [-0.05, 0) is 44.0 Å². The van der Waals surface area contributed by atoms with Crippen LogP contribution in [0.15, 0.2) is 28.7 Å². The SMILES string of the molecule is CC1(C(=O)NCc2cccc(Br)c2)CCCN1. The van der Waals surface area contributed by atoms with Gasteiger partial charge in [-0.25, -0.2) is 0 Å². The van der Waals surface area contributed by atoms with Gasteiger partial charge in [0.1, 0.15) is 0 Å². The lowest BCUT2D eigenvalue weighted by molar-refractivity contribution is -0.126. The number of nitrogens with one attached hydrogen (secondary N) is 2. The quantitative estimate of drug-likeness (QED) is 0.898. The largest absolute Gasteiger partial charge is 0.350 e. The van der Waals surface area contributed by atoms with E-state index >= 15 is 0 Å². The van der Waals surface area contributed by atoms with Gasteiger partial charge in [0, 0.05) is 11.0 Å². The van der Waals surface area contributed by atoms with Crippen molar-refractivity contribution in [3.8, 4) is 0 Å². The molecule has 1 heterocycles. The first-order valence-corrected chi connectivity index (χ1v) is 6.67. The maximum absolute atomic E-state index is 12.0. The van der Waals surface area contributed by atoms with E-state index in [1.165, 1.54) is 0 Å². The van der Waals surface area contributed by atoms with Crippen LogP contribution in [0.1, 0.15) is 25.3 Å². The van der Waals surface area contributed by atoms with Gasteiger partial charge in [0.2, 0.25) is 5.91 Å². The number of halogens is 1. The van der Waals surface area contributed by atoms with Crippen molar-refractivity contribution in [2.24, 2.45) is 0 Å². The van der Waals surface area contributed by atoms with Crippen molar-refractivity contribution >= 4 is 21.8 Å². The van der Waals surface area contributed by atoms with Gasteiger partial charge < -0.3 is 10.6 Å². The van der Waals surface area contributed by atoms with Gasteiger partial charge in [-0.3, -0.25) is 4.79 Å². The highest BCUT2D eigenvalue weighted by molar-refractivity contribution is 9.10. The van der Waals surface area contributed by atoms with Crippen molar-refractivity contribution < 1.29 is 4.79 Å². The third-order valence-electron chi connectivity index (χ3n) is 3.21. The minimum Gasteiger partial charge on any atom is -0.350 e. The van der Waals surface area contributed by atoms with Gasteiger partial charge in [0.05, 0.1) is 5.54 Å². The van der Waals surface area contributed by atoms with Gasteiger partial charge in [-0.2, -0.15) is 0 Å². The standard InChI is InChI=1S/C13H17BrN2O/c1-13(6-3-7-16-13)12(17)15-9-10-4-2-5-11(14)8-10/h2,4-5,8,16H,3,6-7,9H2,1H3,(H,15,17). The molecule has 2 N–H and O–H groups in total. The summed E-state index contributed by atoms with van der Waals surface area (Å²) in [5, 5.41) is 6.25. The summed E-state index contributed by atoms with van der Waals surface area (Å²) in [5.41, 5.74) is 0.723. The number of benzene rings is 1. The number of hydrogen-bond acceptors (Lipinski definition) is 2. The van der Waals surface area contributed by atoms with Crippen molar-refractivity contribution in [2.45, 2.75) is 31.8 Å². The van der Waals surface area contributed by atoms with Crippen LogP contribution in [-0.2, 0) is 11.3 Å².